The molecule has 0 aromatic heterocycles. The van der Waals surface area contributed by atoms with Crippen molar-refractivity contribution >= 4 is 12.6 Å². The van der Waals surface area contributed by atoms with Crippen LogP contribution in [0.5, 0.6) is 5.75 Å². The van der Waals surface area contributed by atoms with Gasteiger partial charge in [-0.2, -0.15) is 0 Å². The number of ether oxygens (including phenoxy) is 1. The number of likely N-dealkylation sites (tertiary alicyclic amines) is 1. The van der Waals surface area contributed by atoms with Crippen molar-refractivity contribution in [3.05, 3.63) is 24.3 Å². The Morgan fingerprint density at radius 1 is 1.24 bits per heavy atom. The van der Waals surface area contributed by atoms with E-state index in [0.717, 1.165) is 19.6 Å². The summed E-state index contributed by atoms with van der Waals surface area (Å²) in [7, 11) is -1.44. The van der Waals surface area contributed by atoms with Crippen molar-refractivity contribution in [1.29, 1.82) is 0 Å². The van der Waals surface area contributed by atoms with Gasteiger partial charge in [0.1, 0.15) is 12.4 Å². The Bertz CT molecular complexity index is 451. The van der Waals surface area contributed by atoms with Gasteiger partial charge >= 0.3 is 7.12 Å². The van der Waals surface area contributed by atoms with E-state index in [4.69, 9.17) is 14.8 Å². The van der Waals surface area contributed by atoms with Crippen LogP contribution in [0.1, 0.15) is 33.1 Å². The fraction of sp³-hybridized carbons (Fsp3) is 0.625. The van der Waals surface area contributed by atoms with E-state index in [1.54, 1.807) is 18.2 Å². The highest BCUT2D eigenvalue weighted by atomic mass is 16.5. The first-order chi connectivity index (χ1) is 9.96. The van der Waals surface area contributed by atoms with Gasteiger partial charge in [-0.05, 0) is 55.4 Å². The Kier molecular flexibility index (Phi) is 5.68. The predicted molar refractivity (Wildman–Crippen MR) is 85.8 cm³/mol. The van der Waals surface area contributed by atoms with Crippen LogP contribution >= 0.6 is 0 Å². The molecule has 1 saturated heterocycles. The predicted octanol–water partition coefficient (Wildman–Crippen LogP) is 1.26. The molecule has 1 aliphatic heterocycles. The largest absolute Gasteiger partial charge is 0.492 e. The lowest BCUT2D eigenvalue weighted by molar-refractivity contribution is 0.207. The van der Waals surface area contributed by atoms with Gasteiger partial charge in [-0.15, -0.1) is 0 Å². The van der Waals surface area contributed by atoms with E-state index >= 15 is 0 Å². The molecule has 1 aliphatic rings. The van der Waals surface area contributed by atoms with Gasteiger partial charge in [0.2, 0.25) is 0 Å². The van der Waals surface area contributed by atoms with E-state index in [2.05, 4.69) is 18.7 Å². The molecular weight excluding hydrogens is 265 g/mol. The molecule has 4 nitrogen and oxygen atoms in total. The van der Waals surface area contributed by atoms with E-state index < -0.39 is 7.12 Å². The van der Waals surface area contributed by atoms with Gasteiger partial charge in [-0.25, -0.2) is 0 Å². The number of hydrogen-bond donors (Lipinski definition) is 2. The summed E-state index contributed by atoms with van der Waals surface area (Å²) in [5.74, 6) is 0.691. The van der Waals surface area contributed by atoms with E-state index in [9.17, 15) is 0 Å². The van der Waals surface area contributed by atoms with Gasteiger partial charge in [0, 0.05) is 6.54 Å². The summed E-state index contributed by atoms with van der Waals surface area (Å²) in [6.45, 7) is 8.51. The third-order valence-corrected chi connectivity index (χ3v) is 4.27. The normalized spacial score (nSPS) is 19.0. The second-order valence-electron chi connectivity index (χ2n) is 6.65. The molecule has 1 heterocycles. The zero-order valence-electron chi connectivity index (χ0n) is 13.1. The van der Waals surface area contributed by atoms with Gasteiger partial charge in [0.15, 0.2) is 0 Å². The monoisotopic (exact) mass is 291 g/mol. The van der Waals surface area contributed by atoms with E-state index in [0.29, 0.717) is 23.2 Å². The zero-order valence-corrected chi connectivity index (χ0v) is 13.1. The van der Waals surface area contributed by atoms with Crippen LogP contribution < -0.4 is 10.2 Å². The van der Waals surface area contributed by atoms with Crippen molar-refractivity contribution in [3.63, 3.8) is 0 Å². The minimum absolute atomic E-state index is 0.460. The van der Waals surface area contributed by atoms with Crippen molar-refractivity contribution < 1.29 is 14.8 Å². The lowest BCUT2D eigenvalue weighted by atomic mass is 9.80. The molecule has 0 spiro atoms. The van der Waals surface area contributed by atoms with Gasteiger partial charge in [0.05, 0.1) is 0 Å². The zero-order chi connectivity index (χ0) is 15.3. The molecule has 0 unspecified atom stereocenters. The van der Waals surface area contributed by atoms with Crippen LogP contribution in [0, 0.1) is 5.41 Å². The van der Waals surface area contributed by atoms with Gasteiger partial charge in [-0.1, -0.05) is 26.0 Å². The van der Waals surface area contributed by atoms with Crippen molar-refractivity contribution in [2.24, 2.45) is 5.41 Å². The molecule has 1 aromatic rings. The van der Waals surface area contributed by atoms with Gasteiger partial charge < -0.3 is 14.8 Å². The Morgan fingerprint density at radius 3 is 2.81 bits per heavy atom. The Morgan fingerprint density at radius 2 is 2.05 bits per heavy atom. The average Bonchev–Trinajstić information content (AvgIpc) is 2.60. The highest BCUT2D eigenvalue weighted by Gasteiger charge is 2.22. The first-order valence-corrected chi connectivity index (χ1v) is 7.78. The van der Waals surface area contributed by atoms with Crippen LogP contribution in [0.3, 0.4) is 0 Å². The molecular formula is C16H26BNO3. The van der Waals surface area contributed by atoms with Gasteiger partial charge in [0.25, 0.3) is 0 Å². The third-order valence-electron chi connectivity index (χ3n) is 4.27. The summed E-state index contributed by atoms with van der Waals surface area (Å²) >= 11 is 0. The second-order valence-corrected chi connectivity index (χ2v) is 6.65. The van der Waals surface area contributed by atoms with E-state index in [-0.39, 0.29) is 0 Å². The first kappa shape index (κ1) is 16.3. The van der Waals surface area contributed by atoms with Crippen LogP contribution in [0.4, 0.5) is 0 Å². The molecule has 21 heavy (non-hydrogen) atoms. The summed E-state index contributed by atoms with van der Waals surface area (Å²) in [6.07, 6.45) is 3.78. The topological polar surface area (TPSA) is 52.9 Å². The molecule has 2 N–H and O–H groups in total. The maximum absolute atomic E-state index is 9.15. The second kappa shape index (κ2) is 7.30. The maximum Gasteiger partial charge on any atom is 0.488 e. The SMILES string of the molecule is CC1(C)CCCN(CCOc2cccc(B(O)O)c2)CC1. The molecule has 0 radical (unpaired) electrons. The number of benzene rings is 1. The minimum atomic E-state index is -1.44. The molecule has 0 bridgehead atoms. The maximum atomic E-state index is 9.15. The third kappa shape index (κ3) is 5.34. The van der Waals surface area contributed by atoms with Crippen molar-refractivity contribution in [2.45, 2.75) is 33.1 Å². The smallest absolute Gasteiger partial charge is 0.488 e. The van der Waals surface area contributed by atoms with Crippen LogP contribution in [0.15, 0.2) is 24.3 Å². The summed E-state index contributed by atoms with van der Waals surface area (Å²) in [6, 6.07) is 6.97. The summed E-state index contributed by atoms with van der Waals surface area (Å²) in [4.78, 5) is 2.46. The van der Waals surface area contributed by atoms with Crippen LogP contribution in [-0.2, 0) is 0 Å². The highest BCUT2D eigenvalue weighted by Crippen LogP contribution is 2.29. The Balaban J connectivity index is 1.78. The lowest BCUT2D eigenvalue weighted by Gasteiger charge is -2.23. The van der Waals surface area contributed by atoms with Crippen LogP contribution in [0.2, 0.25) is 0 Å². The highest BCUT2D eigenvalue weighted by molar-refractivity contribution is 6.58. The Hall–Kier alpha value is -1.04. The molecule has 0 amide bonds. The Labute approximate surface area is 127 Å². The fourth-order valence-electron chi connectivity index (χ4n) is 2.76. The molecule has 116 valence electrons. The number of hydrogen-bond acceptors (Lipinski definition) is 4. The molecule has 0 aliphatic carbocycles. The number of nitrogens with zero attached hydrogens (tertiary/aromatic N) is 1. The average molecular weight is 291 g/mol. The lowest BCUT2D eigenvalue weighted by Crippen LogP contribution is -2.31. The molecule has 1 aromatic carbocycles. The van der Waals surface area contributed by atoms with Crippen molar-refractivity contribution in [2.75, 3.05) is 26.2 Å². The fourth-order valence-corrected chi connectivity index (χ4v) is 2.76. The molecule has 0 atom stereocenters. The molecule has 5 heteroatoms. The van der Waals surface area contributed by atoms with Crippen molar-refractivity contribution in [3.8, 4) is 5.75 Å². The molecule has 1 fully saturated rings. The standard InChI is InChI=1S/C16H26BNO3/c1-16(2)7-4-9-18(10-8-16)11-12-21-15-6-3-5-14(13-15)17(19)20/h3,5-6,13,19-20H,4,7-12H2,1-2H3. The summed E-state index contributed by atoms with van der Waals surface area (Å²) in [5, 5.41) is 18.3. The van der Waals surface area contributed by atoms with Gasteiger partial charge in [-0.3, -0.25) is 4.90 Å². The van der Waals surface area contributed by atoms with E-state index in [1.807, 2.05) is 6.07 Å². The van der Waals surface area contributed by atoms with Crippen LogP contribution in [0.25, 0.3) is 0 Å². The minimum Gasteiger partial charge on any atom is -0.492 e. The first-order valence-electron chi connectivity index (χ1n) is 7.78. The summed E-state index contributed by atoms with van der Waals surface area (Å²) < 4.78 is 5.73. The van der Waals surface area contributed by atoms with E-state index in [1.165, 1.54) is 19.3 Å². The van der Waals surface area contributed by atoms with Crippen molar-refractivity contribution in [1.82, 2.24) is 4.90 Å². The summed E-state index contributed by atoms with van der Waals surface area (Å²) in [5.41, 5.74) is 0.922. The molecule has 2 rings (SSSR count). The number of rotatable bonds is 5. The molecule has 0 saturated carbocycles. The quantitative estimate of drug-likeness (QED) is 0.802. The van der Waals surface area contributed by atoms with Crippen LogP contribution in [-0.4, -0.2) is 48.3 Å².